The Bertz CT molecular complexity index is 610. The average molecular weight is 415 g/mol. The molecule has 0 aromatic heterocycles. The van der Waals surface area contributed by atoms with Crippen molar-refractivity contribution in [3.05, 3.63) is 0 Å². The predicted octanol–water partition coefficient (Wildman–Crippen LogP) is -1.55. The summed E-state index contributed by atoms with van der Waals surface area (Å²) in [6, 6.07) is -3.16. The van der Waals surface area contributed by atoms with Crippen LogP contribution in [-0.2, 0) is 24.0 Å². The molecule has 0 rings (SSSR count). The highest BCUT2D eigenvalue weighted by Gasteiger charge is 2.30. The maximum absolute atomic E-state index is 12.7. The number of carboxylic acid groups (broad SMARTS) is 1. The van der Waals surface area contributed by atoms with Crippen molar-refractivity contribution in [1.82, 2.24) is 16.0 Å². The molecule has 0 spiro atoms. The minimum Gasteiger partial charge on any atom is -0.480 e. The Balaban J connectivity index is 5.31. The smallest absolute Gasteiger partial charge is 0.322 e. The molecule has 0 saturated heterocycles. The Hall–Kier alpha value is -2.69. The van der Waals surface area contributed by atoms with Crippen LogP contribution >= 0.6 is 0 Å². The van der Waals surface area contributed by atoms with Gasteiger partial charge in [0.2, 0.25) is 23.6 Å². The highest BCUT2D eigenvalue weighted by Crippen LogP contribution is 2.09. The van der Waals surface area contributed by atoms with E-state index < -0.39 is 60.7 Å². The van der Waals surface area contributed by atoms with E-state index >= 15 is 0 Å². The Labute approximate surface area is 170 Å². The molecule has 0 bridgehead atoms. The zero-order valence-corrected chi connectivity index (χ0v) is 17.4. The van der Waals surface area contributed by atoms with Crippen molar-refractivity contribution in [2.75, 3.05) is 6.54 Å². The van der Waals surface area contributed by atoms with E-state index in [-0.39, 0.29) is 18.3 Å². The number of hydrogen-bond donors (Lipinski definition) is 6. The van der Waals surface area contributed by atoms with Crippen molar-refractivity contribution in [1.29, 1.82) is 0 Å². The molecule has 4 atom stereocenters. The van der Waals surface area contributed by atoms with Crippen LogP contribution in [0.5, 0.6) is 0 Å². The molecule has 0 aliphatic heterocycles. The topological polar surface area (TPSA) is 194 Å². The van der Waals surface area contributed by atoms with Gasteiger partial charge in [-0.1, -0.05) is 34.1 Å². The van der Waals surface area contributed by atoms with Crippen molar-refractivity contribution >= 4 is 29.6 Å². The van der Waals surface area contributed by atoms with E-state index in [1.54, 1.807) is 0 Å². The van der Waals surface area contributed by atoms with Gasteiger partial charge in [0.15, 0.2) is 0 Å². The Morgan fingerprint density at radius 2 is 1.48 bits per heavy atom. The third-order valence-corrected chi connectivity index (χ3v) is 4.35. The van der Waals surface area contributed by atoms with E-state index in [1.807, 2.05) is 27.7 Å². The van der Waals surface area contributed by atoms with Crippen LogP contribution in [0.1, 0.15) is 47.0 Å². The summed E-state index contributed by atoms with van der Waals surface area (Å²) in [5.41, 5.74) is 11.0. The van der Waals surface area contributed by atoms with E-state index in [4.69, 9.17) is 16.6 Å². The Kier molecular flexibility index (Phi) is 11.5. The van der Waals surface area contributed by atoms with Crippen LogP contribution in [0.3, 0.4) is 0 Å². The first kappa shape index (κ1) is 26.3. The van der Waals surface area contributed by atoms with Gasteiger partial charge in [0, 0.05) is 0 Å². The molecule has 11 heteroatoms. The molecule has 4 unspecified atom stereocenters. The van der Waals surface area contributed by atoms with Gasteiger partial charge in [-0.3, -0.25) is 24.0 Å². The fraction of sp³-hybridized carbons (Fsp3) is 0.722. The summed E-state index contributed by atoms with van der Waals surface area (Å²) >= 11 is 0. The molecule has 0 aromatic rings. The molecule has 11 nitrogen and oxygen atoms in total. The SMILES string of the molecule is CCC(C)C(N)C(=O)NC(CC(C)C)C(=O)NC(CC(N)=O)C(=O)NCC(=O)O. The maximum atomic E-state index is 12.7. The number of carbonyl (C=O) groups excluding carboxylic acids is 4. The lowest BCUT2D eigenvalue weighted by atomic mass is 9.97. The number of aliphatic carboxylic acids is 1. The van der Waals surface area contributed by atoms with Crippen LogP contribution < -0.4 is 27.4 Å². The molecular formula is C18H33N5O6. The minimum atomic E-state index is -1.37. The number of hydrogen-bond acceptors (Lipinski definition) is 6. The van der Waals surface area contributed by atoms with E-state index in [2.05, 4.69) is 16.0 Å². The van der Waals surface area contributed by atoms with E-state index in [1.165, 1.54) is 0 Å². The van der Waals surface area contributed by atoms with Gasteiger partial charge in [0.05, 0.1) is 12.5 Å². The summed E-state index contributed by atoms with van der Waals surface area (Å²) in [5.74, 6) is -4.27. The summed E-state index contributed by atoms with van der Waals surface area (Å²) in [6.45, 7) is 6.72. The van der Waals surface area contributed by atoms with E-state index in [9.17, 15) is 24.0 Å². The fourth-order valence-corrected chi connectivity index (χ4v) is 2.45. The molecule has 166 valence electrons. The zero-order valence-electron chi connectivity index (χ0n) is 17.4. The third-order valence-electron chi connectivity index (χ3n) is 4.35. The van der Waals surface area contributed by atoms with E-state index in [0.717, 1.165) is 0 Å². The van der Waals surface area contributed by atoms with Gasteiger partial charge in [-0.25, -0.2) is 0 Å². The fourth-order valence-electron chi connectivity index (χ4n) is 2.45. The number of primary amides is 1. The van der Waals surface area contributed by atoms with Crippen LogP contribution in [0.25, 0.3) is 0 Å². The standard InChI is InChI=1S/C18H33N5O6/c1-5-10(4)15(20)18(29)23-11(6-9(2)3)17(28)22-12(7-13(19)24)16(27)21-8-14(25)26/h9-12,15H,5-8,20H2,1-4H3,(H2,19,24)(H,21,27)(H,22,28)(H,23,29)(H,25,26). The highest BCUT2D eigenvalue weighted by atomic mass is 16.4. The Morgan fingerprint density at radius 3 is 1.93 bits per heavy atom. The molecule has 8 N–H and O–H groups in total. The first-order valence-electron chi connectivity index (χ1n) is 9.53. The van der Waals surface area contributed by atoms with Gasteiger partial charge < -0.3 is 32.5 Å². The summed E-state index contributed by atoms with van der Waals surface area (Å²) in [6.07, 6.45) is 0.427. The predicted molar refractivity (Wildman–Crippen MR) is 105 cm³/mol. The largest absolute Gasteiger partial charge is 0.480 e. The summed E-state index contributed by atoms with van der Waals surface area (Å²) < 4.78 is 0. The van der Waals surface area contributed by atoms with Crippen molar-refractivity contribution in [2.45, 2.75) is 65.1 Å². The van der Waals surface area contributed by atoms with Crippen LogP contribution in [0.4, 0.5) is 0 Å². The number of carboxylic acids is 1. The number of nitrogens with two attached hydrogens (primary N) is 2. The molecule has 29 heavy (non-hydrogen) atoms. The second kappa shape index (κ2) is 12.7. The Morgan fingerprint density at radius 1 is 0.931 bits per heavy atom. The monoisotopic (exact) mass is 415 g/mol. The molecule has 0 aliphatic carbocycles. The minimum absolute atomic E-state index is 0.0290. The lowest BCUT2D eigenvalue weighted by Crippen LogP contribution is -2.57. The van der Waals surface area contributed by atoms with Crippen molar-refractivity contribution in [3.63, 3.8) is 0 Å². The second-order valence-electron chi connectivity index (χ2n) is 7.45. The van der Waals surface area contributed by atoms with Gasteiger partial charge in [0.25, 0.3) is 0 Å². The number of nitrogens with one attached hydrogen (secondary N) is 3. The van der Waals surface area contributed by atoms with Crippen LogP contribution in [0.15, 0.2) is 0 Å². The maximum Gasteiger partial charge on any atom is 0.322 e. The van der Waals surface area contributed by atoms with Gasteiger partial charge >= 0.3 is 5.97 Å². The quantitative estimate of drug-likeness (QED) is 0.209. The normalized spacial score (nSPS) is 15.0. The van der Waals surface area contributed by atoms with Crippen molar-refractivity contribution in [2.24, 2.45) is 23.3 Å². The highest BCUT2D eigenvalue weighted by molar-refractivity contribution is 5.95. The first-order valence-corrected chi connectivity index (χ1v) is 9.53. The number of amides is 4. The molecule has 4 amide bonds. The van der Waals surface area contributed by atoms with Gasteiger partial charge in [-0.2, -0.15) is 0 Å². The zero-order chi connectivity index (χ0) is 22.7. The number of rotatable bonds is 13. The second-order valence-corrected chi connectivity index (χ2v) is 7.45. The summed E-state index contributed by atoms with van der Waals surface area (Å²) in [5, 5.41) is 15.7. The van der Waals surface area contributed by atoms with Crippen molar-refractivity contribution < 1.29 is 29.1 Å². The van der Waals surface area contributed by atoms with Gasteiger partial charge in [-0.15, -0.1) is 0 Å². The molecule has 0 heterocycles. The molecule has 0 fully saturated rings. The van der Waals surface area contributed by atoms with Crippen LogP contribution in [0, 0.1) is 11.8 Å². The van der Waals surface area contributed by atoms with Crippen LogP contribution in [-0.4, -0.2) is 59.4 Å². The molecule has 0 aliphatic rings. The lowest BCUT2D eigenvalue weighted by Gasteiger charge is -2.26. The van der Waals surface area contributed by atoms with Gasteiger partial charge in [0.1, 0.15) is 18.6 Å². The van der Waals surface area contributed by atoms with Gasteiger partial charge in [-0.05, 0) is 18.3 Å². The lowest BCUT2D eigenvalue weighted by molar-refractivity contribution is -0.139. The van der Waals surface area contributed by atoms with E-state index in [0.29, 0.717) is 6.42 Å². The molecule has 0 saturated carbocycles. The summed E-state index contributed by atoms with van der Waals surface area (Å²) in [4.78, 5) is 59.1. The van der Waals surface area contributed by atoms with Crippen molar-refractivity contribution in [3.8, 4) is 0 Å². The molecular weight excluding hydrogens is 382 g/mol. The molecule has 0 radical (unpaired) electrons. The first-order chi connectivity index (χ1) is 13.4. The summed E-state index contributed by atoms with van der Waals surface area (Å²) in [7, 11) is 0. The third kappa shape index (κ3) is 10.4. The molecule has 0 aromatic carbocycles. The van der Waals surface area contributed by atoms with Crippen LogP contribution in [0.2, 0.25) is 0 Å². The number of carbonyl (C=O) groups is 5. The average Bonchev–Trinajstić information content (AvgIpc) is 2.62.